The average molecular weight is 514 g/mol. The predicted octanol–water partition coefficient (Wildman–Crippen LogP) is 6.68. The van der Waals surface area contributed by atoms with Crippen LogP contribution in [0.25, 0.3) is 11.1 Å². The Morgan fingerprint density at radius 2 is 1.70 bits per heavy atom. The van der Waals surface area contributed by atoms with E-state index < -0.39 is 17.3 Å². The van der Waals surface area contributed by atoms with Gasteiger partial charge in [-0.1, -0.05) is 71.4 Å². The van der Waals surface area contributed by atoms with E-state index in [2.05, 4.69) is 9.97 Å². The quantitative estimate of drug-likeness (QED) is 0.239. The summed E-state index contributed by atoms with van der Waals surface area (Å²) in [6, 6.07) is 13.1. The molecule has 0 amide bonds. The first-order chi connectivity index (χ1) is 15.6. The van der Waals surface area contributed by atoms with Gasteiger partial charge in [-0.05, 0) is 42.4 Å². The van der Waals surface area contributed by atoms with Crippen molar-refractivity contribution in [3.63, 3.8) is 0 Å². The van der Waals surface area contributed by atoms with Crippen molar-refractivity contribution in [1.29, 1.82) is 0 Å². The lowest BCUT2D eigenvalue weighted by Gasteiger charge is -2.40. The number of aliphatic hydroxyl groups is 1. The molecule has 1 saturated heterocycles. The molecule has 0 aliphatic carbocycles. The van der Waals surface area contributed by atoms with Crippen molar-refractivity contribution in [1.82, 2.24) is 9.97 Å². The van der Waals surface area contributed by atoms with Gasteiger partial charge < -0.3 is 10.0 Å². The number of halogens is 5. The van der Waals surface area contributed by atoms with Crippen LogP contribution in [0.3, 0.4) is 0 Å². The second kappa shape index (κ2) is 9.33. The van der Waals surface area contributed by atoms with E-state index in [4.69, 9.17) is 23.2 Å². The summed E-state index contributed by atoms with van der Waals surface area (Å²) >= 11 is 13.6. The lowest BCUT2D eigenvalue weighted by molar-refractivity contribution is -0.137. The highest BCUT2D eigenvalue weighted by atomic mass is 35.5. The number of thioether (sulfide) groups is 1. The number of rotatable bonds is 4. The molecule has 1 fully saturated rings. The van der Waals surface area contributed by atoms with Gasteiger partial charge >= 0.3 is 6.18 Å². The predicted molar refractivity (Wildman–Crippen MR) is 126 cm³/mol. The zero-order chi connectivity index (χ0) is 23.8. The summed E-state index contributed by atoms with van der Waals surface area (Å²) in [6.07, 6.45) is -2.31. The van der Waals surface area contributed by atoms with Gasteiger partial charge in [0, 0.05) is 13.1 Å². The van der Waals surface area contributed by atoms with Crippen LogP contribution < -0.4 is 4.90 Å². The number of alkyl halides is 3. The van der Waals surface area contributed by atoms with E-state index in [-0.39, 0.29) is 23.4 Å². The summed E-state index contributed by atoms with van der Waals surface area (Å²) in [4.78, 5) is 11.0. The van der Waals surface area contributed by atoms with Crippen molar-refractivity contribution in [3.05, 3.63) is 69.8 Å². The highest BCUT2D eigenvalue weighted by Gasteiger charge is 2.39. The normalized spacial score (nSPS) is 16.2. The molecule has 3 aromatic rings. The zero-order valence-electron chi connectivity index (χ0n) is 17.5. The standard InChI is InChI=1S/C23H20Cl2F3N3OS/c1-33-21-29-19(25)18(14-5-3-2-4-6-14)20(30-21)31-11-9-22(32,10-12-31)15-7-8-17(24)16(13-15)23(26,27)28/h2-8,13,32H,9-12H2,1H3. The molecule has 33 heavy (non-hydrogen) atoms. The minimum absolute atomic E-state index is 0.202. The number of nitrogens with zero attached hydrogens (tertiary/aromatic N) is 3. The molecule has 0 radical (unpaired) electrons. The van der Waals surface area contributed by atoms with Crippen LogP contribution in [0.4, 0.5) is 19.0 Å². The monoisotopic (exact) mass is 513 g/mol. The van der Waals surface area contributed by atoms with Crippen molar-refractivity contribution in [2.45, 2.75) is 29.8 Å². The van der Waals surface area contributed by atoms with Gasteiger partial charge in [0.25, 0.3) is 0 Å². The van der Waals surface area contributed by atoms with E-state index >= 15 is 0 Å². The molecule has 1 aliphatic heterocycles. The largest absolute Gasteiger partial charge is 0.417 e. The maximum Gasteiger partial charge on any atom is 0.417 e. The summed E-state index contributed by atoms with van der Waals surface area (Å²) in [5, 5.41) is 11.7. The minimum atomic E-state index is -4.60. The zero-order valence-corrected chi connectivity index (χ0v) is 19.9. The first-order valence-electron chi connectivity index (χ1n) is 10.1. The Balaban J connectivity index is 1.65. The van der Waals surface area contributed by atoms with Gasteiger partial charge in [-0.2, -0.15) is 13.2 Å². The van der Waals surface area contributed by atoms with Crippen LogP contribution in [-0.2, 0) is 11.8 Å². The highest BCUT2D eigenvalue weighted by Crippen LogP contribution is 2.42. The first kappa shape index (κ1) is 24.1. The van der Waals surface area contributed by atoms with Crippen LogP contribution in [0.1, 0.15) is 24.0 Å². The molecule has 0 saturated carbocycles. The second-order valence-electron chi connectivity index (χ2n) is 7.78. The van der Waals surface area contributed by atoms with E-state index in [9.17, 15) is 18.3 Å². The van der Waals surface area contributed by atoms with Crippen LogP contribution in [0.5, 0.6) is 0 Å². The molecule has 4 nitrogen and oxygen atoms in total. The molecule has 2 heterocycles. The van der Waals surface area contributed by atoms with E-state index in [1.54, 1.807) is 0 Å². The Bertz CT molecular complexity index is 1150. The fourth-order valence-electron chi connectivity index (χ4n) is 3.99. The van der Waals surface area contributed by atoms with Crippen molar-refractivity contribution in [3.8, 4) is 11.1 Å². The van der Waals surface area contributed by atoms with Gasteiger partial charge in [-0.25, -0.2) is 9.97 Å². The Labute approximate surface area is 203 Å². The molecule has 0 bridgehead atoms. The number of piperidine rings is 1. The highest BCUT2D eigenvalue weighted by molar-refractivity contribution is 7.98. The van der Waals surface area contributed by atoms with Gasteiger partial charge in [0.15, 0.2) is 5.16 Å². The Morgan fingerprint density at radius 3 is 2.30 bits per heavy atom. The number of hydrogen-bond donors (Lipinski definition) is 1. The third-order valence-corrected chi connectivity index (χ3v) is 6.92. The number of anilines is 1. The fraction of sp³-hybridized carbons (Fsp3) is 0.304. The maximum absolute atomic E-state index is 13.3. The van der Waals surface area contributed by atoms with Gasteiger partial charge in [-0.3, -0.25) is 0 Å². The summed E-state index contributed by atoms with van der Waals surface area (Å²) in [7, 11) is 0. The van der Waals surface area contributed by atoms with Crippen LogP contribution in [0.2, 0.25) is 10.2 Å². The third kappa shape index (κ3) is 4.94. The topological polar surface area (TPSA) is 49.2 Å². The number of benzene rings is 2. The van der Waals surface area contributed by atoms with Crippen molar-refractivity contribution in [2.24, 2.45) is 0 Å². The molecule has 2 aromatic carbocycles. The van der Waals surface area contributed by atoms with E-state index in [1.807, 2.05) is 41.5 Å². The second-order valence-corrected chi connectivity index (χ2v) is 9.32. The van der Waals surface area contributed by atoms with Crippen LogP contribution in [0.15, 0.2) is 53.7 Å². The van der Waals surface area contributed by atoms with Crippen LogP contribution in [0, 0.1) is 0 Å². The van der Waals surface area contributed by atoms with Gasteiger partial charge in [-0.15, -0.1) is 0 Å². The third-order valence-electron chi connectivity index (χ3n) is 5.77. The van der Waals surface area contributed by atoms with Crippen LogP contribution >= 0.6 is 35.0 Å². The average Bonchev–Trinajstić information content (AvgIpc) is 2.79. The Kier molecular flexibility index (Phi) is 6.82. The van der Waals surface area contributed by atoms with Gasteiger partial charge in [0.05, 0.1) is 21.8 Å². The molecular weight excluding hydrogens is 494 g/mol. The summed E-state index contributed by atoms with van der Waals surface area (Å²) in [5.41, 5.74) is -0.610. The van der Waals surface area contributed by atoms with Gasteiger partial charge in [0.2, 0.25) is 0 Å². The van der Waals surface area contributed by atoms with Gasteiger partial charge in [0.1, 0.15) is 11.0 Å². The summed E-state index contributed by atoms with van der Waals surface area (Å²) < 4.78 is 39.9. The summed E-state index contributed by atoms with van der Waals surface area (Å²) in [5.74, 6) is 0.639. The van der Waals surface area contributed by atoms with E-state index in [0.717, 1.165) is 11.6 Å². The molecule has 1 N–H and O–H groups in total. The van der Waals surface area contributed by atoms with Crippen molar-refractivity contribution >= 4 is 40.8 Å². The van der Waals surface area contributed by atoms with E-state index in [1.165, 1.54) is 23.9 Å². The first-order valence-corrected chi connectivity index (χ1v) is 12.1. The molecule has 0 unspecified atom stereocenters. The molecular formula is C23H20Cl2F3N3OS. The summed E-state index contributed by atoms with van der Waals surface area (Å²) in [6.45, 7) is 0.753. The fourth-order valence-corrected chi connectivity index (χ4v) is 4.89. The Morgan fingerprint density at radius 1 is 1.03 bits per heavy atom. The Hall–Kier alpha value is -2.00. The number of aromatic nitrogens is 2. The van der Waals surface area contributed by atoms with Crippen LogP contribution in [-0.4, -0.2) is 34.4 Å². The maximum atomic E-state index is 13.3. The lowest BCUT2D eigenvalue weighted by Crippen LogP contribution is -2.43. The number of hydrogen-bond acceptors (Lipinski definition) is 5. The molecule has 10 heteroatoms. The molecule has 0 atom stereocenters. The molecule has 174 valence electrons. The molecule has 0 spiro atoms. The lowest BCUT2D eigenvalue weighted by atomic mass is 9.83. The van der Waals surface area contributed by atoms with E-state index in [0.29, 0.717) is 34.8 Å². The SMILES string of the molecule is CSc1nc(Cl)c(-c2ccccc2)c(N2CCC(O)(c3ccc(Cl)c(C(F)(F)F)c3)CC2)n1. The van der Waals surface area contributed by atoms with Crippen molar-refractivity contribution < 1.29 is 18.3 Å². The smallest absolute Gasteiger partial charge is 0.385 e. The molecule has 4 rings (SSSR count). The van der Waals surface area contributed by atoms with Crippen molar-refractivity contribution in [2.75, 3.05) is 24.2 Å². The molecule has 1 aliphatic rings. The minimum Gasteiger partial charge on any atom is -0.385 e. The molecule has 1 aromatic heterocycles.